The molecule has 0 unspecified atom stereocenters. The molecule has 2 nitrogen and oxygen atoms in total. The lowest BCUT2D eigenvalue weighted by atomic mass is 10.0. The number of nitrogens with two attached hydrogens (primary N) is 1. The third-order valence-corrected chi connectivity index (χ3v) is 2.80. The first-order chi connectivity index (χ1) is 8.43. The highest BCUT2D eigenvalue weighted by Gasteiger charge is 2.05. The summed E-state index contributed by atoms with van der Waals surface area (Å²) in [7, 11) is 0. The summed E-state index contributed by atoms with van der Waals surface area (Å²) in [6.07, 6.45) is 7.48. The Hall–Kier alpha value is -1.31. The molecule has 0 spiro atoms. The molecule has 0 fully saturated rings. The maximum absolute atomic E-state index is 6.23. The van der Waals surface area contributed by atoms with E-state index in [-0.39, 0.29) is 0 Å². The van der Waals surface area contributed by atoms with Gasteiger partial charge < -0.3 is 5.73 Å². The van der Waals surface area contributed by atoms with Crippen LogP contribution < -0.4 is 5.73 Å². The van der Waals surface area contributed by atoms with Crippen LogP contribution in [0.1, 0.15) is 60.8 Å². The molecule has 0 heterocycles. The summed E-state index contributed by atoms with van der Waals surface area (Å²) < 4.78 is 0. The fourth-order valence-corrected chi connectivity index (χ4v) is 1.59. The van der Waals surface area contributed by atoms with Crippen molar-refractivity contribution in [3.8, 4) is 0 Å². The summed E-state index contributed by atoms with van der Waals surface area (Å²) in [5, 5.41) is 0. The predicted octanol–water partition coefficient (Wildman–Crippen LogP) is 4.74. The van der Waals surface area contributed by atoms with Crippen molar-refractivity contribution < 1.29 is 0 Å². The zero-order chi connectivity index (χ0) is 14.1. The maximum Gasteiger partial charge on any atom is 0.0464 e. The first-order valence-corrected chi connectivity index (χ1v) is 6.78. The molecule has 18 heavy (non-hydrogen) atoms. The second-order valence-electron chi connectivity index (χ2n) is 4.80. The van der Waals surface area contributed by atoms with Crippen LogP contribution in [0, 0.1) is 0 Å². The van der Waals surface area contributed by atoms with Crippen molar-refractivity contribution in [2.45, 2.75) is 60.8 Å². The van der Waals surface area contributed by atoms with E-state index in [2.05, 4.69) is 37.9 Å². The maximum atomic E-state index is 6.23. The SMILES string of the molecule is CCC\C=C/C(=C(\C)N=C(C)C)C(/N)=C(\C)CC. The van der Waals surface area contributed by atoms with Gasteiger partial charge in [0.2, 0.25) is 0 Å². The molecule has 0 saturated carbocycles. The highest BCUT2D eigenvalue weighted by atomic mass is 14.8. The molecule has 0 rings (SSSR count). The van der Waals surface area contributed by atoms with Crippen LogP contribution in [-0.4, -0.2) is 5.71 Å². The van der Waals surface area contributed by atoms with Crippen LogP contribution in [0.3, 0.4) is 0 Å². The molecule has 2 heteroatoms. The van der Waals surface area contributed by atoms with Gasteiger partial charge in [0.1, 0.15) is 0 Å². The van der Waals surface area contributed by atoms with Gasteiger partial charge in [-0.15, -0.1) is 0 Å². The predicted molar refractivity (Wildman–Crippen MR) is 82.7 cm³/mol. The highest BCUT2D eigenvalue weighted by Crippen LogP contribution is 2.19. The Labute approximate surface area is 112 Å². The van der Waals surface area contributed by atoms with E-state index in [1.165, 1.54) is 5.57 Å². The van der Waals surface area contributed by atoms with Crippen LogP contribution in [0.15, 0.2) is 39.7 Å². The smallest absolute Gasteiger partial charge is 0.0464 e. The van der Waals surface area contributed by atoms with E-state index in [9.17, 15) is 0 Å². The first-order valence-electron chi connectivity index (χ1n) is 6.78. The lowest BCUT2D eigenvalue weighted by molar-refractivity contribution is 0.956. The molecule has 102 valence electrons. The Balaban J connectivity index is 5.51. The molecule has 2 N–H and O–H groups in total. The van der Waals surface area contributed by atoms with Crippen molar-refractivity contribution in [2.24, 2.45) is 10.7 Å². The molecule has 0 aliphatic carbocycles. The fraction of sp³-hybridized carbons (Fsp3) is 0.562. The van der Waals surface area contributed by atoms with Gasteiger partial charge >= 0.3 is 0 Å². The average Bonchev–Trinajstić information content (AvgIpc) is 2.31. The van der Waals surface area contributed by atoms with Gasteiger partial charge in [-0.3, -0.25) is 4.99 Å². The van der Waals surface area contributed by atoms with Crippen molar-refractivity contribution in [3.63, 3.8) is 0 Å². The van der Waals surface area contributed by atoms with E-state index in [1.54, 1.807) is 0 Å². The molecule has 0 atom stereocenters. The molecule has 0 aromatic rings. The van der Waals surface area contributed by atoms with Gasteiger partial charge in [-0.1, -0.05) is 32.4 Å². The van der Waals surface area contributed by atoms with Crippen LogP contribution in [0.4, 0.5) is 0 Å². The van der Waals surface area contributed by atoms with Gasteiger partial charge in [0.05, 0.1) is 0 Å². The summed E-state index contributed by atoms with van der Waals surface area (Å²) in [5.74, 6) is 0. The van der Waals surface area contributed by atoms with E-state index < -0.39 is 0 Å². The minimum Gasteiger partial charge on any atom is -0.398 e. The Morgan fingerprint density at radius 3 is 2.17 bits per heavy atom. The van der Waals surface area contributed by atoms with Crippen molar-refractivity contribution in [1.29, 1.82) is 0 Å². The minimum absolute atomic E-state index is 0.868. The quantitative estimate of drug-likeness (QED) is 0.535. The topological polar surface area (TPSA) is 38.4 Å². The van der Waals surface area contributed by atoms with E-state index in [1.807, 2.05) is 20.8 Å². The third-order valence-electron chi connectivity index (χ3n) is 2.80. The van der Waals surface area contributed by atoms with Crippen molar-refractivity contribution in [2.75, 3.05) is 0 Å². The Morgan fingerprint density at radius 1 is 1.11 bits per heavy atom. The van der Waals surface area contributed by atoms with Gasteiger partial charge in [-0.05, 0) is 46.1 Å². The molecule has 0 aromatic heterocycles. The number of nitrogens with zero attached hydrogens (tertiary/aromatic N) is 1. The largest absolute Gasteiger partial charge is 0.398 e. The summed E-state index contributed by atoms with van der Waals surface area (Å²) in [4.78, 5) is 4.53. The minimum atomic E-state index is 0.868. The molecule has 0 aromatic carbocycles. The zero-order valence-corrected chi connectivity index (χ0v) is 12.8. The number of unbranched alkanes of at least 4 members (excludes halogenated alkanes) is 1. The van der Waals surface area contributed by atoms with E-state index in [4.69, 9.17) is 5.73 Å². The summed E-state index contributed by atoms with van der Waals surface area (Å²) in [6, 6.07) is 0. The Morgan fingerprint density at radius 2 is 1.72 bits per heavy atom. The molecular formula is C16H28N2. The van der Waals surface area contributed by atoms with Gasteiger partial charge in [-0.2, -0.15) is 0 Å². The monoisotopic (exact) mass is 248 g/mol. The second-order valence-corrected chi connectivity index (χ2v) is 4.80. The Kier molecular flexibility index (Phi) is 8.10. The van der Waals surface area contributed by atoms with Gasteiger partial charge in [0.15, 0.2) is 0 Å². The number of hydrogen-bond acceptors (Lipinski definition) is 2. The second kappa shape index (κ2) is 8.73. The summed E-state index contributed by atoms with van der Waals surface area (Å²) in [6.45, 7) is 12.4. The average molecular weight is 248 g/mol. The third kappa shape index (κ3) is 5.85. The molecule has 0 bridgehead atoms. The van der Waals surface area contributed by atoms with Gasteiger partial charge in [-0.25, -0.2) is 0 Å². The number of aliphatic imine (C=N–C) groups is 1. The van der Waals surface area contributed by atoms with E-state index >= 15 is 0 Å². The summed E-state index contributed by atoms with van der Waals surface area (Å²) >= 11 is 0. The standard InChI is InChI=1S/C16H28N2/c1-7-9-10-11-15(14(6)18-12(3)4)16(17)13(5)8-2/h10-11H,7-9,17H2,1-6H3/b11-10-,15-14-,16-13-. The van der Waals surface area contributed by atoms with Crippen LogP contribution in [0.5, 0.6) is 0 Å². The highest BCUT2D eigenvalue weighted by molar-refractivity contribution is 5.80. The molecule has 0 radical (unpaired) electrons. The van der Waals surface area contributed by atoms with Crippen LogP contribution in [0.25, 0.3) is 0 Å². The first kappa shape index (κ1) is 16.7. The fourth-order valence-electron chi connectivity index (χ4n) is 1.59. The Bertz CT molecular complexity index is 378. The molecule has 0 aliphatic heterocycles. The normalized spacial score (nSPS) is 14.3. The molecule has 0 amide bonds. The lowest BCUT2D eigenvalue weighted by Crippen LogP contribution is -2.05. The van der Waals surface area contributed by atoms with Crippen LogP contribution in [0.2, 0.25) is 0 Å². The van der Waals surface area contributed by atoms with Crippen LogP contribution in [-0.2, 0) is 0 Å². The molecule has 0 saturated heterocycles. The molecular weight excluding hydrogens is 220 g/mol. The zero-order valence-electron chi connectivity index (χ0n) is 12.8. The van der Waals surface area contributed by atoms with Crippen molar-refractivity contribution in [3.05, 3.63) is 34.7 Å². The number of allylic oxidation sites excluding steroid dienone is 4. The number of rotatable bonds is 6. The molecule has 0 aliphatic rings. The van der Waals surface area contributed by atoms with E-state index in [0.717, 1.165) is 41.9 Å². The van der Waals surface area contributed by atoms with Gasteiger partial charge in [0, 0.05) is 22.7 Å². The van der Waals surface area contributed by atoms with Crippen molar-refractivity contribution >= 4 is 5.71 Å². The summed E-state index contributed by atoms with van der Waals surface area (Å²) in [5.41, 5.74) is 11.4. The number of hydrogen-bond donors (Lipinski definition) is 1. The van der Waals surface area contributed by atoms with Crippen molar-refractivity contribution in [1.82, 2.24) is 0 Å². The van der Waals surface area contributed by atoms with Crippen LogP contribution >= 0.6 is 0 Å². The van der Waals surface area contributed by atoms with E-state index in [0.29, 0.717) is 0 Å². The van der Waals surface area contributed by atoms with Gasteiger partial charge in [0.25, 0.3) is 0 Å². The lowest BCUT2D eigenvalue weighted by Gasteiger charge is -2.10.